The van der Waals surface area contributed by atoms with E-state index in [2.05, 4.69) is 10.3 Å². The van der Waals surface area contributed by atoms with Gasteiger partial charge < -0.3 is 5.32 Å². The third-order valence-corrected chi connectivity index (χ3v) is 6.35. The average Bonchev–Trinajstić information content (AvgIpc) is 2.63. The second-order valence-electron chi connectivity index (χ2n) is 5.72. The van der Waals surface area contributed by atoms with Gasteiger partial charge in [-0.1, -0.05) is 37.6 Å². The fraction of sp³-hybridized carbons (Fsp3) is 0.333. The van der Waals surface area contributed by atoms with Gasteiger partial charge in [0, 0.05) is 19.3 Å². The van der Waals surface area contributed by atoms with Gasteiger partial charge in [0.25, 0.3) is 5.91 Å². The lowest BCUT2D eigenvalue weighted by atomic mass is 10.1. The average molecular weight is 396 g/mol. The molecule has 1 heterocycles. The molecular formula is C18H22ClN3O3S. The van der Waals surface area contributed by atoms with Crippen LogP contribution in [-0.4, -0.2) is 36.7 Å². The third kappa shape index (κ3) is 4.60. The van der Waals surface area contributed by atoms with E-state index in [4.69, 9.17) is 11.6 Å². The first-order chi connectivity index (χ1) is 12.3. The second kappa shape index (κ2) is 8.62. The van der Waals surface area contributed by atoms with E-state index in [1.54, 1.807) is 50.2 Å². The summed E-state index contributed by atoms with van der Waals surface area (Å²) < 4.78 is 26.4. The van der Waals surface area contributed by atoms with Crippen molar-refractivity contribution in [3.63, 3.8) is 0 Å². The van der Waals surface area contributed by atoms with Crippen molar-refractivity contribution >= 4 is 27.5 Å². The molecule has 0 spiro atoms. The predicted molar refractivity (Wildman–Crippen MR) is 102 cm³/mol. The van der Waals surface area contributed by atoms with E-state index in [-0.39, 0.29) is 16.8 Å². The van der Waals surface area contributed by atoms with E-state index in [9.17, 15) is 13.2 Å². The minimum Gasteiger partial charge on any atom is -0.345 e. The minimum absolute atomic E-state index is 0.241. The molecule has 0 aliphatic heterocycles. The summed E-state index contributed by atoms with van der Waals surface area (Å²) in [6.07, 6.45) is 1.41. The van der Waals surface area contributed by atoms with Gasteiger partial charge in [0.15, 0.2) is 0 Å². The lowest BCUT2D eigenvalue weighted by Crippen LogP contribution is -2.30. The Balaban J connectivity index is 2.12. The van der Waals surface area contributed by atoms with E-state index in [0.717, 1.165) is 5.56 Å². The number of nitrogens with zero attached hydrogens (tertiary/aromatic N) is 2. The largest absolute Gasteiger partial charge is 0.345 e. The zero-order chi connectivity index (χ0) is 19.3. The van der Waals surface area contributed by atoms with Crippen molar-refractivity contribution in [1.82, 2.24) is 14.6 Å². The first-order valence-electron chi connectivity index (χ1n) is 8.32. The molecule has 140 valence electrons. The Morgan fingerprint density at radius 2 is 1.77 bits per heavy atom. The van der Waals surface area contributed by atoms with Crippen LogP contribution in [0.15, 0.2) is 47.5 Å². The molecule has 2 aromatic rings. The molecule has 0 aliphatic carbocycles. The van der Waals surface area contributed by atoms with Crippen molar-refractivity contribution in [3.8, 4) is 0 Å². The summed E-state index contributed by atoms with van der Waals surface area (Å²) in [4.78, 5) is 16.4. The van der Waals surface area contributed by atoms with Crippen molar-refractivity contribution in [2.24, 2.45) is 0 Å². The molecule has 1 amide bonds. The molecule has 1 N–H and O–H groups in total. The van der Waals surface area contributed by atoms with Crippen LogP contribution in [0.5, 0.6) is 0 Å². The number of benzene rings is 1. The highest BCUT2D eigenvalue weighted by atomic mass is 35.5. The van der Waals surface area contributed by atoms with E-state index in [0.29, 0.717) is 23.8 Å². The molecule has 6 nitrogen and oxygen atoms in total. The van der Waals surface area contributed by atoms with E-state index >= 15 is 0 Å². The number of hydrogen-bond donors (Lipinski definition) is 1. The number of amides is 1. The molecule has 0 radical (unpaired) electrons. The van der Waals surface area contributed by atoms with Gasteiger partial charge in [-0.25, -0.2) is 13.4 Å². The van der Waals surface area contributed by atoms with Gasteiger partial charge in [0.05, 0.1) is 16.5 Å². The van der Waals surface area contributed by atoms with Crippen molar-refractivity contribution in [2.45, 2.75) is 31.7 Å². The lowest BCUT2D eigenvalue weighted by molar-refractivity contribution is 0.0939. The highest BCUT2D eigenvalue weighted by Gasteiger charge is 2.21. The molecule has 0 saturated heterocycles. The smallest absolute Gasteiger partial charge is 0.253 e. The number of sulfonamides is 1. The number of pyridine rings is 1. The van der Waals surface area contributed by atoms with Gasteiger partial charge in [0.1, 0.15) is 5.15 Å². The lowest BCUT2D eigenvalue weighted by Gasteiger charge is -2.19. The molecule has 8 heteroatoms. The van der Waals surface area contributed by atoms with Crippen LogP contribution in [0.3, 0.4) is 0 Å². The second-order valence-corrected chi connectivity index (χ2v) is 8.05. The van der Waals surface area contributed by atoms with Crippen molar-refractivity contribution in [1.29, 1.82) is 0 Å². The van der Waals surface area contributed by atoms with Crippen LogP contribution >= 0.6 is 11.6 Å². The molecule has 0 unspecified atom stereocenters. The summed E-state index contributed by atoms with van der Waals surface area (Å²) in [6.45, 7) is 6.27. The molecule has 0 bridgehead atoms. The van der Waals surface area contributed by atoms with Gasteiger partial charge in [-0.15, -0.1) is 0 Å². The summed E-state index contributed by atoms with van der Waals surface area (Å²) in [6, 6.07) is 9.40. The number of carbonyl (C=O) groups excluding carboxylic acids is 1. The molecule has 1 aromatic carbocycles. The molecule has 2 rings (SSSR count). The maximum Gasteiger partial charge on any atom is 0.253 e. The maximum absolute atomic E-state index is 12.5. The van der Waals surface area contributed by atoms with Gasteiger partial charge in [-0.2, -0.15) is 4.31 Å². The van der Waals surface area contributed by atoms with Crippen LogP contribution in [-0.2, 0) is 10.0 Å². The number of halogens is 1. The van der Waals surface area contributed by atoms with Crippen LogP contribution in [0.2, 0.25) is 5.15 Å². The van der Waals surface area contributed by atoms with E-state index < -0.39 is 10.0 Å². The molecule has 0 saturated carbocycles. The van der Waals surface area contributed by atoms with Crippen molar-refractivity contribution in [2.75, 3.05) is 13.1 Å². The standard InChI is InChI=1S/C18H22ClN3O3S/c1-4-22(5-2)26(24,25)16-9-6-14(7-10-16)13(3)21-18(23)15-8-11-17(19)20-12-15/h6-13H,4-5H2,1-3H3,(H,21,23)/t13-/m1/s1. The maximum atomic E-state index is 12.5. The highest BCUT2D eigenvalue weighted by molar-refractivity contribution is 7.89. The van der Waals surface area contributed by atoms with Crippen LogP contribution < -0.4 is 5.32 Å². The topological polar surface area (TPSA) is 79.4 Å². The monoisotopic (exact) mass is 395 g/mol. The number of aromatic nitrogens is 1. The molecule has 0 aliphatic rings. The summed E-state index contributed by atoms with van der Waals surface area (Å²) in [5.41, 5.74) is 1.21. The zero-order valence-electron chi connectivity index (χ0n) is 14.9. The SMILES string of the molecule is CCN(CC)S(=O)(=O)c1ccc([C@@H](C)NC(=O)c2ccc(Cl)nc2)cc1. The van der Waals surface area contributed by atoms with Gasteiger partial charge in [-0.05, 0) is 36.8 Å². The zero-order valence-corrected chi connectivity index (χ0v) is 16.5. The molecule has 0 fully saturated rings. The van der Waals surface area contributed by atoms with Gasteiger partial charge in [0.2, 0.25) is 10.0 Å². The summed E-state index contributed by atoms with van der Waals surface area (Å²) in [5, 5.41) is 3.17. The fourth-order valence-electron chi connectivity index (χ4n) is 2.51. The molecule has 1 aromatic heterocycles. The Morgan fingerprint density at radius 3 is 2.27 bits per heavy atom. The van der Waals surface area contributed by atoms with E-state index in [1.807, 2.05) is 6.92 Å². The number of nitrogens with one attached hydrogen (secondary N) is 1. The minimum atomic E-state index is -3.49. The summed E-state index contributed by atoms with van der Waals surface area (Å²) >= 11 is 5.72. The Kier molecular flexibility index (Phi) is 6.75. The Morgan fingerprint density at radius 1 is 1.15 bits per heavy atom. The van der Waals surface area contributed by atoms with Crippen molar-refractivity contribution in [3.05, 3.63) is 58.9 Å². The fourth-order valence-corrected chi connectivity index (χ4v) is 4.08. The summed E-state index contributed by atoms with van der Waals surface area (Å²) in [7, 11) is -3.49. The first kappa shape index (κ1) is 20.4. The van der Waals surface area contributed by atoms with Crippen LogP contribution in [0, 0.1) is 0 Å². The third-order valence-electron chi connectivity index (χ3n) is 4.06. The van der Waals surface area contributed by atoms with Crippen LogP contribution in [0.4, 0.5) is 0 Å². The van der Waals surface area contributed by atoms with Crippen molar-refractivity contribution < 1.29 is 13.2 Å². The van der Waals surface area contributed by atoms with E-state index in [1.165, 1.54) is 10.5 Å². The van der Waals surface area contributed by atoms with Crippen LogP contribution in [0.1, 0.15) is 42.7 Å². The first-order valence-corrected chi connectivity index (χ1v) is 10.1. The van der Waals surface area contributed by atoms with Crippen LogP contribution in [0.25, 0.3) is 0 Å². The van der Waals surface area contributed by atoms with Gasteiger partial charge >= 0.3 is 0 Å². The Hall–Kier alpha value is -1.96. The quantitative estimate of drug-likeness (QED) is 0.730. The normalized spacial score (nSPS) is 12.8. The predicted octanol–water partition coefficient (Wildman–Crippen LogP) is 3.26. The highest BCUT2D eigenvalue weighted by Crippen LogP contribution is 2.20. The number of rotatable bonds is 7. The number of hydrogen-bond acceptors (Lipinski definition) is 4. The molecule has 1 atom stereocenters. The Bertz CT molecular complexity index is 848. The Labute approximate surface area is 159 Å². The molecule has 26 heavy (non-hydrogen) atoms. The number of carbonyl (C=O) groups is 1. The summed E-state index contributed by atoms with van der Waals surface area (Å²) in [5.74, 6) is -0.276. The van der Waals surface area contributed by atoms with Gasteiger partial charge in [-0.3, -0.25) is 4.79 Å². The molecular weight excluding hydrogens is 374 g/mol.